The van der Waals surface area contributed by atoms with Crippen LogP contribution in [0.5, 0.6) is 0 Å². The zero-order valence-corrected chi connectivity index (χ0v) is 14.5. The third-order valence-corrected chi connectivity index (χ3v) is 4.47. The van der Waals surface area contributed by atoms with E-state index in [4.69, 9.17) is 4.52 Å². The summed E-state index contributed by atoms with van der Waals surface area (Å²) in [4.78, 5) is 38.6. The van der Waals surface area contributed by atoms with Crippen LogP contribution in [0.2, 0.25) is 0 Å². The molecule has 0 aliphatic carbocycles. The second kappa shape index (κ2) is 6.88. The number of esters is 1. The van der Waals surface area contributed by atoms with Crippen molar-refractivity contribution < 1.29 is 23.8 Å². The molecular formula is C15H12N4O6S. The van der Waals surface area contributed by atoms with Crippen molar-refractivity contribution in [2.75, 3.05) is 7.11 Å². The van der Waals surface area contributed by atoms with E-state index in [1.165, 1.54) is 35.9 Å². The molecule has 0 spiro atoms. The topological polar surface area (TPSA) is 130 Å². The van der Waals surface area contributed by atoms with Crippen LogP contribution >= 0.6 is 11.3 Å². The van der Waals surface area contributed by atoms with Gasteiger partial charge in [-0.15, -0.1) is 0 Å². The third kappa shape index (κ3) is 3.37. The lowest BCUT2D eigenvalue weighted by Crippen LogP contribution is -2.22. The van der Waals surface area contributed by atoms with Crippen LogP contribution in [0, 0.1) is 17.0 Å². The molecule has 0 saturated heterocycles. The van der Waals surface area contributed by atoms with E-state index in [-0.39, 0.29) is 22.8 Å². The van der Waals surface area contributed by atoms with Crippen molar-refractivity contribution in [1.29, 1.82) is 0 Å². The fourth-order valence-corrected chi connectivity index (χ4v) is 3.27. The Balaban J connectivity index is 2.16. The summed E-state index contributed by atoms with van der Waals surface area (Å²) in [6.45, 7) is 1.46. The summed E-state index contributed by atoms with van der Waals surface area (Å²) in [5.74, 6) is -1.27. The molecule has 1 aromatic carbocycles. The molecule has 2 aromatic heterocycles. The molecule has 0 atom stereocenters. The normalized spacial score (nSPS) is 11.7. The molecule has 11 heteroatoms. The number of hydrogen-bond acceptors (Lipinski definition) is 8. The number of nitrogens with zero attached hydrogens (tertiary/aromatic N) is 4. The first-order valence-corrected chi connectivity index (χ1v) is 8.07. The van der Waals surface area contributed by atoms with Gasteiger partial charge in [-0.1, -0.05) is 16.5 Å². The number of carbonyl (C=O) groups is 2. The first-order chi connectivity index (χ1) is 12.4. The molecule has 0 bridgehead atoms. The molecule has 0 unspecified atom stereocenters. The van der Waals surface area contributed by atoms with E-state index < -0.39 is 16.8 Å². The molecule has 0 fully saturated rings. The molecule has 0 aliphatic rings. The maximum absolute atomic E-state index is 12.3. The van der Waals surface area contributed by atoms with Gasteiger partial charge in [-0.25, -0.2) is 0 Å². The van der Waals surface area contributed by atoms with Crippen LogP contribution in [0.4, 0.5) is 5.69 Å². The minimum atomic E-state index is -0.676. The van der Waals surface area contributed by atoms with E-state index in [1.54, 1.807) is 6.92 Å². The number of ether oxygens (including phenoxy) is 1. The van der Waals surface area contributed by atoms with Crippen LogP contribution in [-0.4, -0.2) is 33.6 Å². The van der Waals surface area contributed by atoms with E-state index in [9.17, 15) is 19.7 Å². The summed E-state index contributed by atoms with van der Waals surface area (Å²) in [7, 11) is 1.24. The highest BCUT2D eigenvalue weighted by Crippen LogP contribution is 2.23. The molecular weight excluding hydrogens is 364 g/mol. The van der Waals surface area contributed by atoms with Crippen LogP contribution in [0.25, 0.3) is 10.2 Å². The van der Waals surface area contributed by atoms with Crippen LogP contribution < -0.4 is 4.80 Å². The number of nitro groups is 1. The van der Waals surface area contributed by atoms with Crippen molar-refractivity contribution in [3.63, 3.8) is 0 Å². The van der Waals surface area contributed by atoms with E-state index >= 15 is 0 Å². The zero-order chi connectivity index (χ0) is 18.8. The van der Waals surface area contributed by atoms with E-state index in [2.05, 4.69) is 14.9 Å². The maximum Gasteiger partial charge on any atom is 0.325 e. The number of methoxy groups -OCH3 is 1. The quantitative estimate of drug-likeness (QED) is 0.386. The number of nitro benzene ring substituents is 1. The Morgan fingerprint density at radius 1 is 1.42 bits per heavy atom. The van der Waals surface area contributed by atoms with E-state index in [0.29, 0.717) is 15.9 Å². The number of aryl methyl sites for hydroxylation is 1. The Morgan fingerprint density at radius 3 is 2.81 bits per heavy atom. The second-order valence-corrected chi connectivity index (χ2v) is 6.21. The largest absolute Gasteiger partial charge is 0.468 e. The predicted molar refractivity (Wildman–Crippen MR) is 89.6 cm³/mol. The molecule has 3 aromatic rings. The van der Waals surface area contributed by atoms with E-state index in [0.717, 1.165) is 11.3 Å². The van der Waals surface area contributed by atoms with Crippen LogP contribution in [-0.2, 0) is 16.1 Å². The van der Waals surface area contributed by atoms with Gasteiger partial charge >= 0.3 is 11.9 Å². The van der Waals surface area contributed by atoms with Crippen molar-refractivity contribution in [3.05, 3.63) is 50.6 Å². The molecule has 0 saturated carbocycles. The van der Waals surface area contributed by atoms with Gasteiger partial charge in [0.05, 0.1) is 27.9 Å². The van der Waals surface area contributed by atoms with Gasteiger partial charge in [-0.2, -0.15) is 4.99 Å². The van der Waals surface area contributed by atoms with Gasteiger partial charge in [0, 0.05) is 18.2 Å². The van der Waals surface area contributed by atoms with Crippen molar-refractivity contribution in [1.82, 2.24) is 9.72 Å². The third-order valence-electron chi connectivity index (χ3n) is 3.43. The highest BCUT2D eigenvalue weighted by atomic mass is 32.1. The number of carbonyl (C=O) groups excluding carboxylic acids is 2. The lowest BCUT2D eigenvalue weighted by Gasteiger charge is -2.03. The average Bonchev–Trinajstić information content (AvgIpc) is 3.18. The molecule has 2 heterocycles. The molecule has 0 radical (unpaired) electrons. The first-order valence-electron chi connectivity index (χ1n) is 7.26. The summed E-state index contributed by atoms with van der Waals surface area (Å²) in [5, 5.41) is 14.6. The molecule has 26 heavy (non-hydrogen) atoms. The van der Waals surface area contributed by atoms with Crippen LogP contribution in [0.1, 0.15) is 16.2 Å². The fraction of sp³-hybridized carbons (Fsp3) is 0.200. The lowest BCUT2D eigenvalue weighted by atomic mass is 10.3. The highest BCUT2D eigenvalue weighted by Gasteiger charge is 2.16. The number of amides is 1. The summed E-state index contributed by atoms with van der Waals surface area (Å²) < 4.78 is 11.5. The van der Waals surface area contributed by atoms with Crippen molar-refractivity contribution in [3.8, 4) is 0 Å². The number of benzene rings is 1. The number of fused-ring (bicyclic) bond motifs is 1. The Kier molecular flexibility index (Phi) is 4.63. The van der Waals surface area contributed by atoms with Crippen molar-refractivity contribution in [2.24, 2.45) is 4.99 Å². The van der Waals surface area contributed by atoms with Gasteiger partial charge in [0.15, 0.2) is 4.80 Å². The SMILES string of the molecule is COC(=O)Cn1c(=NC(=O)c2cc(C)no2)sc2cc([N+](=O)[O-])ccc21. The number of thiazole rings is 1. The average molecular weight is 376 g/mol. The summed E-state index contributed by atoms with van der Waals surface area (Å²) in [6, 6.07) is 5.60. The number of non-ortho nitro benzene ring substituents is 1. The summed E-state index contributed by atoms with van der Waals surface area (Å²) in [5.41, 5.74) is 0.942. The summed E-state index contributed by atoms with van der Waals surface area (Å²) in [6.07, 6.45) is 0. The Bertz CT molecular complexity index is 1090. The predicted octanol–water partition coefficient (Wildman–Crippen LogP) is 1.82. The first kappa shape index (κ1) is 17.5. The van der Waals surface area contributed by atoms with Gasteiger partial charge in [0.1, 0.15) is 6.54 Å². The molecule has 0 aliphatic heterocycles. The second-order valence-electron chi connectivity index (χ2n) is 5.21. The van der Waals surface area contributed by atoms with Gasteiger partial charge < -0.3 is 13.8 Å². The van der Waals surface area contributed by atoms with Crippen molar-refractivity contribution >= 4 is 39.1 Å². The number of aromatic nitrogens is 2. The van der Waals surface area contributed by atoms with Crippen LogP contribution in [0.3, 0.4) is 0 Å². The minimum Gasteiger partial charge on any atom is -0.468 e. The minimum absolute atomic E-state index is 0.0458. The van der Waals surface area contributed by atoms with Gasteiger partial charge in [-0.05, 0) is 13.0 Å². The Hall–Kier alpha value is -3.34. The monoisotopic (exact) mass is 376 g/mol. The standard InChI is InChI=1S/C15H12N4O6S/c1-8-5-11(25-17-8)14(21)16-15-18(7-13(20)24-2)10-4-3-9(19(22)23)6-12(10)26-15/h3-6H,7H2,1-2H3. The lowest BCUT2D eigenvalue weighted by molar-refractivity contribution is -0.384. The van der Waals surface area contributed by atoms with Gasteiger partial charge in [-0.3, -0.25) is 19.7 Å². The van der Waals surface area contributed by atoms with E-state index in [1.807, 2.05) is 0 Å². The highest BCUT2D eigenvalue weighted by molar-refractivity contribution is 7.16. The van der Waals surface area contributed by atoms with Crippen molar-refractivity contribution in [2.45, 2.75) is 13.5 Å². The maximum atomic E-state index is 12.3. The van der Waals surface area contributed by atoms with Gasteiger partial charge in [0.25, 0.3) is 5.69 Å². The summed E-state index contributed by atoms with van der Waals surface area (Å²) >= 11 is 1.04. The molecule has 10 nitrogen and oxygen atoms in total. The molecule has 3 rings (SSSR count). The van der Waals surface area contributed by atoms with Crippen LogP contribution in [0.15, 0.2) is 33.8 Å². The Labute approximate surface area is 149 Å². The molecule has 1 amide bonds. The fourth-order valence-electron chi connectivity index (χ4n) is 2.21. The number of hydrogen-bond donors (Lipinski definition) is 0. The number of rotatable bonds is 4. The Morgan fingerprint density at radius 2 is 2.19 bits per heavy atom. The molecule has 0 N–H and O–H groups in total. The zero-order valence-electron chi connectivity index (χ0n) is 13.7. The smallest absolute Gasteiger partial charge is 0.325 e. The van der Waals surface area contributed by atoms with Gasteiger partial charge in [0.2, 0.25) is 5.76 Å². The molecule has 134 valence electrons.